The van der Waals surface area contributed by atoms with Gasteiger partial charge in [-0.3, -0.25) is 14.5 Å². The molecule has 0 aromatic carbocycles. The maximum atomic E-state index is 14.4. The minimum atomic E-state index is -0.109. The second-order valence-electron chi connectivity index (χ2n) is 12.5. The molecular weight excluding hydrogens is 823 g/mol. The number of hydrogen-bond acceptors (Lipinski definition) is 7. The van der Waals surface area contributed by atoms with E-state index < -0.39 is 0 Å². The van der Waals surface area contributed by atoms with Crippen LogP contribution in [0.4, 0.5) is 0 Å². The quantitative estimate of drug-likeness (QED) is 0.0650. The molecule has 2 amide bonds. The lowest BCUT2D eigenvalue weighted by Gasteiger charge is -2.23. The van der Waals surface area contributed by atoms with Gasteiger partial charge in [-0.2, -0.15) is 0 Å². The molecule has 3 nitrogen and oxygen atoms in total. The van der Waals surface area contributed by atoms with Crippen LogP contribution >= 0.6 is 88.5 Å². The predicted octanol–water partition coefficient (Wildman–Crippen LogP) is 15.1. The molecule has 1 atom stereocenters. The number of rotatable bonds is 18. The van der Waals surface area contributed by atoms with Crippen LogP contribution in [-0.4, -0.2) is 23.3 Å². The molecule has 1 unspecified atom stereocenters. The van der Waals surface area contributed by atoms with Gasteiger partial charge >= 0.3 is 0 Å². The highest BCUT2D eigenvalue weighted by Gasteiger charge is 2.43. The van der Waals surface area contributed by atoms with Crippen LogP contribution < -0.4 is 0 Å². The standard InChI is InChI=1S/C38H41Br2NO2S5/c1-3-5-7-9-10-12-14-24(13-11-8-6-4-2)23-41-37(42)33-34(38(41)43)36(30-18-16-26(45-30)28-20-22-32(40)47-28)48-35(33)29-17-15-25(44-29)27-19-21-31(39)46-27/h15-22,24H,3-14,23H2,1-2H3. The van der Waals surface area contributed by atoms with Crippen molar-refractivity contribution in [1.29, 1.82) is 0 Å². The molecule has 0 radical (unpaired) electrons. The van der Waals surface area contributed by atoms with E-state index in [-0.39, 0.29) is 11.8 Å². The van der Waals surface area contributed by atoms with Gasteiger partial charge in [0.2, 0.25) is 0 Å². The lowest BCUT2D eigenvalue weighted by molar-refractivity contribution is 0.0622. The van der Waals surface area contributed by atoms with Gasteiger partial charge in [-0.1, -0.05) is 78.1 Å². The maximum absolute atomic E-state index is 14.4. The van der Waals surface area contributed by atoms with E-state index in [4.69, 9.17) is 0 Å². The Bertz CT molecular complexity index is 1730. The second-order valence-corrected chi connectivity index (χ2v) is 20.7. The van der Waals surface area contributed by atoms with Crippen molar-refractivity contribution in [3.05, 3.63) is 67.2 Å². The highest BCUT2D eigenvalue weighted by Crippen LogP contribution is 2.51. The van der Waals surface area contributed by atoms with E-state index in [1.165, 1.54) is 77.3 Å². The zero-order valence-corrected chi connectivity index (χ0v) is 34.7. The van der Waals surface area contributed by atoms with E-state index in [0.717, 1.165) is 46.3 Å². The molecule has 254 valence electrons. The normalized spacial score (nSPS) is 13.6. The average Bonchev–Trinajstić information content (AvgIpc) is 3.92. The summed E-state index contributed by atoms with van der Waals surface area (Å²) in [4.78, 5) is 39.2. The van der Waals surface area contributed by atoms with E-state index in [1.807, 2.05) is 0 Å². The Morgan fingerprint density at radius 3 is 1.38 bits per heavy atom. The Morgan fingerprint density at radius 1 is 0.521 bits per heavy atom. The lowest BCUT2D eigenvalue weighted by Crippen LogP contribution is -2.35. The molecule has 6 heterocycles. The molecule has 5 aromatic rings. The smallest absolute Gasteiger partial charge is 0.263 e. The first-order valence-corrected chi connectivity index (χ1v) is 22.8. The summed E-state index contributed by atoms with van der Waals surface area (Å²) in [6.07, 6.45) is 14.5. The number of amides is 2. The van der Waals surface area contributed by atoms with E-state index in [1.54, 1.807) is 61.6 Å². The van der Waals surface area contributed by atoms with Gasteiger partial charge in [-0.15, -0.1) is 56.7 Å². The van der Waals surface area contributed by atoms with Crippen LogP contribution in [0.3, 0.4) is 0 Å². The molecule has 5 aromatic heterocycles. The number of imide groups is 1. The summed E-state index contributed by atoms with van der Waals surface area (Å²) in [5, 5.41) is 0. The fourth-order valence-corrected chi connectivity index (χ4v) is 12.9. The summed E-state index contributed by atoms with van der Waals surface area (Å²) < 4.78 is 2.19. The van der Waals surface area contributed by atoms with Gasteiger partial charge in [0, 0.05) is 35.8 Å². The minimum absolute atomic E-state index is 0.109. The summed E-state index contributed by atoms with van der Waals surface area (Å²) in [5.74, 6) is 0.125. The fraction of sp³-hybridized carbons (Fsp3) is 0.421. The third-order valence-electron chi connectivity index (χ3n) is 8.99. The predicted molar refractivity (Wildman–Crippen MR) is 219 cm³/mol. The van der Waals surface area contributed by atoms with Crippen LogP contribution in [0.5, 0.6) is 0 Å². The van der Waals surface area contributed by atoms with Crippen molar-refractivity contribution in [3.63, 3.8) is 0 Å². The molecule has 10 heteroatoms. The van der Waals surface area contributed by atoms with Crippen LogP contribution in [0.2, 0.25) is 0 Å². The fourth-order valence-electron chi connectivity index (χ4n) is 6.45. The minimum Gasteiger partial charge on any atom is -0.274 e. The maximum Gasteiger partial charge on any atom is 0.263 e. The van der Waals surface area contributed by atoms with Gasteiger partial charge in [0.15, 0.2) is 0 Å². The number of halogens is 2. The molecule has 0 saturated heterocycles. The number of hydrogen-bond donors (Lipinski definition) is 0. The molecule has 1 aliphatic rings. The Kier molecular flexibility index (Phi) is 13.0. The molecular formula is C38H41Br2NO2S5. The Balaban J connectivity index is 1.31. The van der Waals surface area contributed by atoms with Crippen LogP contribution in [0.1, 0.15) is 112 Å². The number of nitrogens with zero attached hydrogens (tertiary/aromatic N) is 1. The lowest BCUT2D eigenvalue weighted by atomic mass is 9.93. The van der Waals surface area contributed by atoms with Gasteiger partial charge < -0.3 is 0 Å². The van der Waals surface area contributed by atoms with E-state index in [9.17, 15) is 9.59 Å². The van der Waals surface area contributed by atoms with E-state index in [0.29, 0.717) is 23.6 Å². The Hall–Kier alpha value is -1.40. The van der Waals surface area contributed by atoms with Gasteiger partial charge in [0.1, 0.15) is 0 Å². The summed E-state index contributed by atoms with van der Waals surface area (Å²) in [6.45, 7) is 5.02. The van der Waals surface area contributed by atoms with Crippen molar-refractivity contribution in [1.82, 2.24) is 4.90 Å². The molecule has 0 spiro atoms. The zero-order chi connectivity index (χ0) is 33.6. The second kappa shape index (κ2) is 17.2. The van der Waals surface area contributed by atoms with Crippen LogP contribution in [0.25, 0.3) is 39.0 Å². The molecule has 0 bridgehead atoms. The highest BCUT2D eigenvalue weighted by atomic mass is 79.9. The largest absolute Gasteiger partial charge is 0.274 e. The first kappa shape index (κ1) is 36.4. The van der Waals surface area contributed by atoms with Crippen LogP contribution in [0, 0.1) is 5.92 Å². The van der Waals surface area contributed by atoms with Crippen molar-refractivity contribution < 1.29 is 9.59 Å². The van der Waals surface area contributed by atoms with Gasteiger partial charge in [-0.05, 0) is 99.2 Å². The first-order chi connectivity index (χ1) is 23.4. The molecule has 1 aliphatic heterocycles. The molecule has 48 heavy (non-hydrogen) atoms. The highest BCUT2D eigenvalue weighted by molar-refractivity contribution is 9.11. The summed E-state index contributed by atoms with van der Waals surface area (Å²) in [7, 11) is 0. The van der Waals surface area contributed by atoms with Crippen molar-refractivity contribution in [2.24, 2.45) is 5.92 Å². The molecule has 0 aliphatic carbocycles. The SMILES string of the molecule is CCCCCCCCC(CCCCCC)CN1C(=O)c2c(-c3ccc(-c4ccc(Br)s4)s3)sc(-c3ccc(-c4ccc(Br)s4)s3)c2C1=O. The Morgan fingerprint density at radius 2 is 0.917 bits per heavy atom. The van der Waals surface area contributed by atoms with Crippen molar-refractivity contribution in [2.75, 3.05) is 6.54 Å². The molecule has 0 saturated carbocycles. The topological polar surface area (TPSA) is 37.4 Å². The van der Waals surface area contributed by atoms with Crippen LogP contribution in [-0.2, 0) is 0 Å². The number of carbonyl (C=O) groups is 2. The number of carbonyl (C=O) groups excluding carboxylic acids is 2. The number of fused-ring (bicyclic) bond motifs is 1. The third-order valence-corrected chi connectivity index (χ3v) is 16.3. The number of thiophene rings is 5. The van der Waals surface area contributed by atoms with Crippen molar-refractivity contribution >= 4 is 100 Å². The monoisotopic (exact) mass is 861 g/mol. The molecule has 0 fully saturated rings. The van der Waals surface area contributed by atoms with Gasteiger partial charge in [0.25, 0.3) is 11.8 Å². The molecule has 0 N–H and O–H groups in total. The summed E-state index contributed by atoms with van der Waals surface area (Å²) in [6, 6.07) is 17.0. The average molecular weight is 864 g/mol. The van der Waals surface area contributed by atoms with Crippen molar-refractivity contribution in [2.45, 2.75) is 90.9 Å². The summed E-state index contributed by atoms with van der Waals surface area (Å²) >= 11 is 15.6. The van der Waals surface area contributed by atoms with E-state index in [2.05, 4.69) is 94.2 Å². The first-order valence-electron chi connectivity index (χ1n) is 17.1. The zero-order valence-electron chi connectivity index (χ0n) is 27.4. The number of unbranched alkanes of at least 4 members (excludes halogenated alkanes) is 8. The van der Waals surface area contributed by atoms with Gasteiger partial charge in [-0.25, -0.2) is 0 Å². The van der Waals surface area contributed by atoms with Crippen LogP contribution in [0.15, 0.2) is 56.1 Å². The molecule has 6 rings (SSSR count). The van der Waals surface area contributed by atoms with Gasteiger partial charge in [0.05, 0.1) is 28.5 Å². The Labute approximate surface area is 321 Å². The van der Waals surface area contributed by atoms with E-state index >= 15 is 0 Å². The third kappa shape index (κ3) is 8.38. The summed E-state index contributed by atoms with van der Waals surface area (Å²) in [5.41, 5.74) is 1.22. The van der Waals surface area contributed by atoms with Crippen molar-refractivity contribution in [3.8, 4) is 39.0 Å².